The van der Waals surface area contributed by atoms with E-state index in [1.54, 1.807) is 0 Å². The van der Waals surface area contributed by atoms with E-state index in [0.29, 0.717) is 30.6 Å². The molecule has 1 aliphatic heterocycles. The summed E-state index contributed by atoms with van der Waals surface area (Å²) >= 11 is 0. The Balaban J connectivity index is 1.84. The van der Waals surface area contributed by atoms with Gasteiger partial charge in [-0.25, -0.2) is 4.98 Å². The zero-order valence-corrected chi connectivity index (χ0v) is 23.4. The number of nitrogens with zero attached hydrogens (tertiary/aromatic N) is 3. The highest BCUT2D eigenvalue weighted by Gasteiger charge is 2.33. The van der Waals surface area contributed by atoms with Gasteiger partial charge in [0.25, 0.3) is 11.5 Å². The van der Waals surface area contributed by atoms with E-state index in [0.717, 1.165) is 61.4 Å². The van der Waals surface area contributed by atoms with Gasteiger partial charge in [-0.3, -0.25) is 14.2 Å². The molecule has 1 aromatic heterocycles. The summed E-state index contributed by atoms with van der Waals surface area (Å²) < 4.78 is 1.87. The largest absolute Gasteiger partial charge is 0.330 e. The molecule has 1 aliphatic rings. The highest BCUT2D eigenvalue weighted by molar-refractivity contribution is 5.94. The van der Waals surface area contributed by atoms with Crippen LogP contribution in [-0.4, -0.2) is 40.0 Å². The molecule has 0 saturated heterocycles. The molecule has 0 radical (unpaired) electrons. The van der Waals surface area contributed by atoms with E-state index in [2.05, 4.69) is 38.2 Å². The fourth-order valence-corrected chi connectivity index (χ4v) is 5.45. The molecule has 1 atom stereocenters. The molecule has 3 aromatic rings. The minimum Gasteiger partial charge on any atom is -0.330 e. The average Bonchev–Trinajstić information content (AvgIpc) is 2.92. The van der Waals surface area contributed by atoms with E-state index in [9.17, 15) is 9.59 Å². The Bertz CT molecular complexity index is 1270. The van der Waals surface area contributed by atoms with Crippen LogP contribution < -0.4 is 10.9 Å². The number of nitrogens with one attached hydrogen (secondary N) is 1. The third-order valence-corrected chi connectivity index (χ3v) is 7.44. The van der Waals surface area contributed by atoms with Crippen molar-refractivity contribution in [3.8, 4) is 0 Å². The first kappa shape index (κ1) is 27.8. The molecule has 0 aliphatic carbocycles. The number of carbonyl (C=O) groups is 1. The Morgan fingerprint density at radius 1 is 1.08 bits per heavy atom. The molecular weight excluding hydrogens is 472 g/mol. The molecular formula is C32H42N4O2. The van der Waals surface area contributed by atoms with Crippen LogP contribution in [-0.2, 0) is 19.4 Å². The third-order valence-electron chi connectivity index (χ3n) is 7.44. The van der Waals surface area contributed by atoms with Gasteiger partial charge < -0.3 is 10.2 Å². The molecule has 0 fully saturated rings. The van der Waals surface area contributed by atoms with Gasteiger partial charge in [0.15, 0.2) is 0 Å². The summed E-state index contributed by atoms with van der Waals surface area (Å²) in [5.41, 5.74) is 4.41. The lowest BCUT2D eigenvalue weighted by atomic mass is 9.91. The van der Waals surface area contributed by atoms with Gasteiger partial charge in [-0.2, -0.15) is 0 Å². The Morgan fingerprint density at radius 3 is 2.50 bits per heavy atom. The van der Waals surface area contributed by atoms with Crippen LogP contribution >= 0.6 is 0 Å². The van der Waals surface area contributed by atoms with Crippen LogP contribution in [0.15, 0.2) is 59.4 Å². The molecule has 1 N–H and O–H groups in total. The number of aromatic nitrogens is 2. The highest BCUT2D eigenvalue weighted by Crippen LogP contribution is 2.32. The fraction of sp³-hybridized carbons (Fsp3) is 0.469. The van der Waals surface area contributed by atoms with Gasteiger partial charge >= 0.3 is 0 Å². The molecule has 202 valence electrons. The molecule has 2 heterocycles. The fourth-order valence-electron chi connectivity index (χ4n) is 5.45. The number of hydrogen-bond acceptors (Lipinski definition) is 4. The van der Waals surface area contributed by atoms with E-state index >= 15 is 0 Å². The molecule has 6 heteroatoms. The van der Waals surface area contributed by atoms with Crippen LogP contribution in [0.2, 0.25) is 0 Å². The predicted octanol–water partition coefficient (Wildman–Crippen LogP) is 5.32. The second-order valence-corrected chi connectivity index (χ2v) is 10.7. The maximum Gasteiger partial charge on any atom is 0.257 e. The Labute approximate surface area is 227 Å². The second-order valence-electron chi connectivity index (χ2n) is 10.7. The lowest BCUT2D eigenvalue weighted by Gasteiger charge is -2.36. The van der Waals surface area contributed by atoms with Crippen LogP contribution in [0.25, 0.3) is 0 Å². The van der Waals surface area contributed by atoms with Crippen molar-refractivity contribution in [3.05, 3.63) is 98.7 Å². The summed E-state index contributed by atoms with van der Waals surface area (Å²) in [6.07, 6.45) is 4.16. The Kier molecular flexibility index (Phi) is 9.51. The molecule has 0 bridgehead atoms. The molecule has 1 unspecified atom stereocenters. The maximum atomic E-state index is 14.1. The quantitative estimate of drug-likeness (QED) is 0.352. The van der Waals surface area contributed by atoms with E-state index in [-0.39, 0.29) is 23.4 Å². The molecule has 0 saturated carbocycles. The number of benzene rings is 2. The summed E-state index contributed by atoms with van der Waals surface area (Å²) in [4.78, 5) is 35.2. The first-order valence-corrected chi connectivity index (χ1v) is 14.2. The lowest BCUT2D eigenvalue weighted by Crippen LogP contribution is -2.42. The van der Waals surface area contributed by atoms with Crippen LogP contribution in [0.1, 0.15) is 84.6 Å². The smallest absolute Gasteiger partial charge is 0.257 e. The minimum atomic E-state index is -0.301. The Morgan fingerprint density at radius 2 is 1.82 bits per heavy atom. The van der Waals surface area contributed by atoms with E-state index < -0.39 is 0 Å². The second kappa shape index (κ2) is 13.0. The van der Waals surface area contributed by atoms with Gasteiger partial charge in [0.1, 0.15) is 5.82 Å². The van der Waals surface area contributed by atoms with Gasteiger partial charge in [0.05, 0.1) is 11.7 Å². The number of carbonyl (C=O) groups excluding carboxylic acids is 1. The van der Waals surface area contributed by atoms with E-state index in [1.807, 2.05) is 58.9 Å². The summed E-state index contributed by atoms with van der Waals surface area (Å²) in [6.45, 7) is 11.4. The van der Waals surface area contributed by atoms with Gasteiger partial charge in [0, 0.05) is 37.1 Å². The van der Waals surface area contributed by atoms with Crippen molar-refractivity contribution in [2.24, 2.45) is 5.92 Å². The number of rotatable bonds is 11. The normalized spacial score (nSPS) is 13.8. The Hall–Kier alpha value is -3.25. The number of fused-ring (bicyclic) bond motifs is 1. The predicted molar refractivity (Wildman–Crippen MR) is 154 cm³/mol. The summed E-state index contributed by atoms with van der Waals surface area (Å²) in [7, 11) is 0. The number of aryl methyl sites for hydroxylation is 2. The monoisotopic (exact) mass is 514 g/mol. The molecule has 4 rings (SSSR count). The third kappa shape index (κ3) is 6.41. The van der Waals surface area contributed by atoms with Crippen LogP contribution in [0, 0.1) is 12.8 Å². The molecule has 38 heavy (non-hydrogen) atoms. The summed E-state index contributed by atoms with van der Waals surface area (Å²) in [5, 5.41) is 3.38. The van der Waals surface area contributed by atoms with Crippen LogP contribution in [0.5, 0.6) is 0 Å². The molecule has 1 amide bonds. The van der Waals surface area contributed by atoms with Crippen molar-refractivity contribution in [2.75, 3.05) is 19.6 Å². The van der Waals surface area contributed by atoms with Gasteiger partial charge in [-0.15, -0.1) is 0 Å². The van der Waals surface area contributed by atoms with Gasteiger partial charge in [-0.05, 0) is 62.9 Å². The SMILES string of the molecule is CCNCCCN(C(=O)c1ccc(C)cc1)C(c1nc2n(c(=O)c1Cc1ccccc1)CCCC2)C(C)C. The van der Waals surface area contributed by atoms with E-state index in [4.69, 9.17) is 4.98 Å². The van der Waals surface area contributed by atoms with Crippen molar-refractivity contribution >= 4 is 5.91 Å². The van der Waals surface area contributed by atoms with Crippen molar-refractivity contribution < 1.29 is 4.79 Å². The van der Waals surface area contributed by atoms with Gasteiger partial charge in [-0.1, -0.05) is 68.8 Å². The molecule has 6 nitrogen and oxygen atoms in total. The lowest BCUT2D eigenvalue weighted by molar-refractivity contribution is 0.0611. The number of amides is 1. The maximum absolute atomic E-state index is 14.1. The first-order chi connectivity index (χ1) is 18.4. The summed E-state index contributed by atoms with van der Waals surface area (Å²) in [6, 6.07) is 17.6. The van der Waals surface area contributed by atoms with E-state index in [1.165, 1.54) is 0 Å². The summed E-state index contributed by atoms with van der Waals surface area (Å²) in [5.74, 6) is 0.927. The average molecular weight is 515 g/mol. The number of hydrogen-bond donors (Lipinski definition) is 1. The topological polar surface area (TPSA) is 67.2 Å². The van der Waals surface area contributed by atoms with Crippen LogP contribution in [0.4, 0.5) is 0 Å². The van der Waals surface area contributed by atoms with Crippen molar-refractivity contribution in [3.63, 3.8) is 0 Å². The minimum absolute atomic E-state index is 0.00881. The zero-order valence-electron chi connectivity index (χ0n) is 23.4. The van der Waals surface area contributed by atoms with Crippen molar-refractivity contribution in [1.82, 2.24) is 19.8 Å². The van der Waals surface area contributed by atoms with Crippen molar-refractivity contribution in [2.45, 2.75) is 72.4 Å². The van der Waals surface area contributed by atoms with Gasteiger partial charge in [0.2, 0.25) is 0 Å². The molecule has 2 aromatic carbocycles. The standard InChI is InChI=1S/C32H42N4O2/c1-5-33-19-11-21-36(31(37)26-17-15-24(4)16-18-26)30(23(2)3)29-27(22-25-12-7-6-8-13-25)32(38)35-20-10-9-14-28(35)34-29/h6-8,12-13,15-18,23,30,33H,5,9-11,14,19-22H2,1-4H3. The molecule has 0 spiro atoms. The first-order valence-electron chi connectivity index (χ1n) is 14.2. The van der Waals surface area contributed by atoms with Crippen LogP contribution in [0.3, 0.4) is 0 Å². The highest BCUT2D eigenvalue weighted by atomic mass is 16.2. The van der Waals surface area contributed by atoms with Crippen molar-refractivity contribution in [1.29, 1.82) is 0 Å². The zero-order chi connectivity index (χ0) is 27.1.